The maximum absolute atomic E-state index is 12.5. The quantitative estimate of drug-likeness (QED) is 0.369. The lowest BCUT2D eigenvalue weighted by atomic mass is 10.2. The number of thiophene rings is 1. The molecule has 3 heterocycles. The van der Waals surface area contributed by atoms with Crippen molar-refractivity contribution in [2.75, 3.05) is 11.1 Å². The highest BCUT2D eigenvalue weighted by Crippen LogP contribution is 2.29. The van der Waals surface area contributed by atoms with E-state index >= 15 is 0 Å². The molecule has 1 atom stereocenters. The molecule has 0 bridgehead atoms. The zero-order chi connectivity index (χ0) is 18.8. The fourth-order valence-electron chi connectivity index (χ4n) is 2.40. The van der Waals surface area contributed by atoms with Crippen LogP contribution in [-0.4, -0.2) is 26.1 Å². The Hall–Kier alpha value is -2.49. The second-order valence-corrected chi connectivity index (χ2v) is 8.74. The normalized spacial score (nSPS) is 12.2. The molecule has 1 amide bonds. The SMILES string of the molecule is CC(Sc1nc(N)c2ccsc2n1)C(=O)Nc1nc(-c2ccccc2)cs1. The molecule has 6 nitrogen and oxygen atoms in total. The Balaban J connectivity index is 1.44. The van der Waals surface area contributed by atoms with Crippen LogP contribution in [0, 0.1) is 0 Å². The fourth-order valence-corrected chi connectivity index (χ4v) is 4.73. The van der Waals surface area contributed by atoms with Crippen molar-refractivity contribution in [3.05, 3.63) is 47.2 Å². The van der Waals surface area contributed by atoms with Crippen molar-refractivity contribution in [2.24, 2.45) is 0 Å². The first kappa shape index (κ1) is 17.9. The maximum Gasteiger partial charge on any atom is 0.239 e. The molecule has 0 fully saturated rings. The van der Waals surface area contributed by atoms with Gasteiger partial charge in [0.2, 0.25) is 5.91 Å². The second-order valence-electron chi connectivity index (χ2n) is 5.68. The highest BCUT2D eigenvalue weighted by Gasteiger charge is 2.19. The summed E-state index contributed by atoms with van der Waals surface area (Å²) in [4.78, 5) is 26.6. The number of benzene rings is 1. The molecule has 4 rings (SSSR count). The van der Waals surface area contributed by atoms with E-state index in [0.29, 0.717) is 16.1 Å². The molecule has 0 spiro atoms. The number of amides is 1. The molecule has 9 heteroatoms. The van der Waals surface area contributed by atoms with E-state index in [1.807, 2.05) is 54.1 Å². The van der Waals surface area contributed by atoms with E-state index < -0.39 is 0 Å². The summed E-state index contributed by atoms with van der Waals surface area (Å²) in [6.07, 6.45) is 0. The number of nitrogens with one attached hydrogen (secondary N) is 1. The molecule has 4 aromatic rings. The molecule has 0 saturated heterocycles. The van der Waals surface area contributed by atoms with Crippen molar-refractivity contribution in [2.45, 2.75) is 17.3 Å². The first-order valence-electron chi connectivity index (χ1n) is 8.09. The summed E-state index contributed by atoms with van der Waals surface area (Å²) < 4.78 is 0. The van der Waals surface area contributed by atoms with Gasteiger partial charge in [-0.25, -0.2) is 15.0 Å². The predicted octanol–water partition coefficient (Wildman–Crippen LogP) is 4.52. The molecule has 0 radical (unpaired) electrons. The van der Waals surface area contributed by atoms with Gasteiger partial charge in [0.25, 0.3) is 0 Å². The fraction of sp³-hybridized carbons (Fsp3) is 0.111. The molecule has 3 N–H and O–H groups in total. The minimum Gasteiger partial charge on any atom is -0.383 e. The summed E-state index contributed by atoms with van der Waals surface area (Å²) in [6.45, 7) is 1.81. The van der Waals surface area contributed by atoms with Crippen LogP contribution in [0.2, 0.25) is 0 Å². The zero-order valence-corrected chi connectivity index (χ0v) is 16.7. The van der Waals surface area contributed by atoms with Crippen LogP contribution < -0.4 is 11.1 Å². The van der Waals surface area contributed by atoms with E-state index in [-0.39, 0.29) is 11.2 Å². The van der Waals surface area contributed by atoms with Gasteiger partial charge >= 0.3 is 0 Å². The number of aromatic nitrogens is 3. The number of thioether (sulfide) groups is 1. The van der Waals surface area contributed by atoms with Crippen LogP contribution in [0.1, 0.15) is 6.92 Å². The summed E-state index contributed by atoms with van der Waals surface area (Å²) in [5, 5.41) is 8.24. The van der Waals surface area contributed by atoms with Crippen LogP contribution in [0.15, 0.2) is 52.3 Å². The number of nitrogens with two attached hydrogens (primary N) is 1. The van der Waals surface area contributed by atoms with Crippen molar-refractivity contribution in [3.8, 4) is 11.3 Å². The Morgan fingerprint density at radius 2 is 1.96 bits per heavy atom. The Morgan fingerprint density at radius 1 is 1.15 bits per heavy atom. The molecular weight excluding hydrogens is 398 g/mol. The van der Waals surface area contributed by atoms with E-state index in [1.165, 1.54) is 34.4 Å². The molecule has 0 aliphatic carbocycles. The summed E-state index contributed by atoms with van der Waals surface area (Å²) in [5.74, 6) is 0.284. The summed E-state index contributed by atoms with van der Waals surface area (Å²) >= 11 is 4.18. The molecular formula is C18H15N5OS3. The van der Waals surface area contributed by atoms with Crippen LogP contribution >= 0.6 is 34.4 Å². The number of anilines is 2. The lowest BCUT2D eigenvalue weighted by Gasteiger charge is -2.09. The third-order valence-corrected chi connectivity index (χ3v) is 6.31. The van der Waals surface area contributed by atoms with E-state index in [1.54, 1.807) is 0 Å². The molecule has 0 aliphatic heterocycles. The molecule has 0 saturated carbocycles. The number of carbonyl (C=O) groups is 1. The highest BCUT2D eigenvalue weighted by molar-refractivity contribution is 8.00. The van der Waals surface area contributed by atoms with Crippen molar-refractivity contribution in [1.29, 1.82) is 0 Å². The maximum atomic E-state index is 12.5. The number of nitrogen functional groups attached to an aromatic ring is 1. The Bertz CT molecular complexity index is 1090. The molecule has 1 aromatic carbocycles. The summed E-state index contributed by atoms with van der Waals surface area (Å²) in [6, 6.07) is 11.7. The van der Waals surface area contributed by atoms with Crippen molar-refractivity contribution >= 4 is 61.5 Å². The molecule has 27 heavy (non-hydrogen) atoms. The molecule has 136 valence electrons. The topological polar surface area (TPSA) is 93.8 Å². The van der Waals surface area contributed by atoms with Gasteiger partial charge in [0.15, 0.2) is 10.3 Å². The Morgan fingerprint density at radius 3 is 2.78 bits per heavy atom. The predicted molar refractivity (Wildman–Crippen MR) is 113 cm³/mol. The van der Waals surface area contributed by atoms with E-state index in [4.69, 9.17) is 5.73 Å². The number of carbonyl (C=O) groups excluding carboxylic acids is 1. The van der Waals surface area contributed by atoms with E-state index in [0.717, 1.165) is 21.5 Å². The highest BCUT2D eigenvalue weighted by atomic mass is 32.2. The number of hydrogen-bond donors (Lipinski definition) is 2. The number of rotatable bonds is 5. The van der Waals surface area contributed by atoms with Crippen LogP contribution in [0.25, 0.3) is 21.5 Å². The monoisotopic (exact) mass is 413 g/mol. The summed E-state index contributed by atoms with van der Waals surface area (Å²) in [5.41, 5.74) is 7.83. The third-order valence-electron chi connectivity index (χ3n) is 3.79. The number of hydrogen-bond acceptors (Lipinski definition) is 8. The average Bonchev–Trinajstić information content (AvgIpc) is 3.32. The molecule has 3 aromatic heterocycles. The van der Waals surface area contributed by atoms with Gasteiger partial charge in [0.1, 0.15) is 10.6 Å². The Labute approximate surface area is 167 Å². The lowest BCUT2D eigenvalue weighted by molar-refractivity contribution is -0.115. The van der Waals surface area contributed by atoms with Crippen molar-refractivity contribution in [3.63, 3.8) is 0 Å². The average molecular weight is 414 g/mol. The van der Waals surface area contributed by atoms with Crippen molar-refractivity contribution in [1.82, 2.24) is 15.0 Å². The number of fused-ring (bicyclic) bond motifs is 1. The van der Waals surface area contributed by atoms with E-state index in [2.05, 4.69) is 20.3 Å². The molecule has 1 unspecified atom stereocenters. The van der Waals surface area contributed by atoms with Gasteiger partial charge in [-0.1, -0.05) is 42.1 Å². The van der Waals surface area contributed by atoms with Gasteiger partial charge in [-0.15, -0.1) is 22.7 Å². The van der Waals surface area contributed by atoms with Crippen LogP contribution in [0.3, 0.4) is 0 Å². The van der Waals surface area contributed by atoms with E-state index in [9.17, 15) is 4.79 Å². The van der Waals surface area contributed by atoms with Gasteiger partial charge in [0, 0.05) is 10.9 Å². The summed E-state index contributed by atoms with van der Waals surface area (Å²) in [7, 11) is 0. The second kappa shape index (κ2) is 7.63. The minimum atomic E-state index is -0.383. The van der Waals surface area contributed by atoms with Gasteiger partial charge in [-0.2, -0.15) is 0 Å². The Kier molecular flexibility index (Phi) is 5.06. The van der Waals surface area contributed by atoms with Gasteiger partial charge in [-0.05, 0) is 18.4 Å². The standard InChI is InChI=1S/C18H15N5OS3/c1-10(27-18-21-14(19)12-7-8-25-16(12)23-18)15(24)22-17-20-13(9-26-17)11-5-3-2-4-6-11/h2-10H,1H3,(H2,19,21,23)(H,20,22,24). The van der Waals surface area contributed by atoms with Crippen LogP contribution in [0.4, 0.5) is 10.9 Å². The lowest BCUT2D eigenvalue weighted by Crippen LogP contribution is -2.22. The van der Waals surface area contributed by atoms with Crippen LogP contribution in [-0.2, 0) is 4.79 Å². The third kappa shape index (κ3) is 3.95. The largest absolute Gasteiger partial charge is 0.383 e. The minimum absolute atomic E-state index is 0.151. The number of nitrogens with zero attached hydrogens (tertiary/aromatic N) is 3. The molecule has 0 aliphatic rings. The van der Waals surface area contributed by atoms with Crippen LogP contribution in [0.5, 0.6) is 0 Å². The number of thiazole rings is 1. The van der Waals surface area contributed by atoms with Gasteiger partial charge in [-0.3, -0.25) is 4.79 Å². The smallest absolute Gasteiger partial charge is 0.239 e. The van der Waals surface area contributed by atoms with Gasteiger partial charge < -0.3 is 11.1 Å². The van der Waals surface area contributed by atoms with Gasteiger partial charge in [0.05, 0.1) is 16.3 Å². The first-order chi connectivity index (χ1) is 13.1. The first-order valence-corrected chi connectivity index (χ1v) is 10.7. The zero-order valence-electron chi connectivity index (χ0n) is 14.2. The van der Waals surface area contributed by atoms with Crippen molar-refractivity contribution < 1.29 is 4.79 Å².